The average molecular weight is 307 g/mol. The number of nitrogens with zero attached hydrogens (tertiary/aromatic N) is 1. The molecule has 0 saturated heterocycles. The zero-order valence-corrected chi connectivity index (χ0v) is 12.9. The number of rotatable bonds is 8. The summed E-state index contributed by atoms with van der Waals surface area (Å²) in [5.74, 6) is -1.52. The van der Waals surface area contributed by atoms with Crippen LogP contribution in [0.5, 0.6) is 0 Å². The number of carbonyl (C=O) groups is 3. The normalized spacial score (nSPS) is 10.1. The molecule has 0 heterocycles. The quantitative estimate of drug-likeness (QED) is 0.746. The fourth-order valence-electron chi connectivity index (χ4n) is 1.95. The Balaban J connectivity index is 2.91. The van der Waals surface area contributed by atoms with Crippen molar-refractivity contribution in [2.45, 2.75) is 33.1 Å². The first kappa shape index (κ1) is 17.7. The van der Waals surface area contributed by atoms with Crippen LogP contribution in [0, 0.1) is 0 Å². The zero-order valence-electron chi connectivity index (χ0n) is 12.9. The van der Waals surface area contributed by atoms with Gasteiger partial charge in [-0.15, -0.1) is 0 Å². The smallest absolute Gasteiger partial charge is 0.338 e. The van der Waals surface area contributed by atoms with Crippen molar-refractivity contribution in [3.63, 3.8) is 0 Å². The molecule has 22 heavy (non-hydrogen) atoms. The van der Waals surface area contributed by atoms with E-state index in [4.69, 9.17) is 9.84 Å². The molecule has 120 valence electrons. The van der Waals surface area contributed by atoms with Crippen LogP contribution in [0.3, 0.4) is 0 Å². The fourth-order valence-corrected chi connectivity index (χ4v) is 1.95. The van der Waals surface area contributed by atoms with Crippen LogP contribution in [0.15, 0.2) is 24.3 Å². The van der Waals surface area contributed by atoms with E-state index in [0.717, 1.165) is 0 Å². The van der Waals surface area contributed by atoms with E-state index < -0.39 is 11.9 Å². The third-order valence-electron chi connectivity index (χ3n) is 3.00. The molecule has 6 nitrogen and oxygen atoms in total. The number of hydrogen-bond donors (Lipinski definition) is 1. The van der Waals surface area contributed by atoms with Gasteiger partial charge in [0.15, 0.2) is 0 Å². The van der Waals surface area contributed by atoms with Crippen LogP contribution in [0.25, 0.3) is 0 Å². The molecule has 6 heteroatoms. The van der Waals surface area contributed by atoms with Crippen molar-refractivity contribution in [2.24, 2.45) is 0 Å². The molecular formula is C16H21NO5. The standard InChI is InChI=1S/C16H21NO5/c1-3-5-14(18)17(11-10-15(19)20)13-8-6-12(7-9-13)16(21)22-4-2/h6-9H,3-5,10-11H2,1-2H3,(H,19,20). The van der Waals surface area contributed by atoms with E-state index in [-0.39, 0.29) is 18.9 Å². The Morgan fingerprint density at radius 2 is 1.73 bits per heavy atom. The molecule has 0 radical (unpaired) electrons. The molecule has 0 spiro atoms. The van der Waals surface area contributed by atoms with E-state index in [1.54, 1.807) is 31.2 Å². The lowest BCUT2D eigenvalue weighted by Crippen LogP contribution is -2.32. The van der Waals surface area contributed by atoms with E-state index in [0.29, 0.717) is 30.7 Å². The third kappa shape index (κ3) is 5.20. The van der Waals surface area contributed by atoms with Crippen LogP contribution in [0.1, 0.15) is 43.5 Å². The molecule has 0 aliphatic carbocycles. The van der Waals surface area contributed by atoms with Gasteiger partial charge in [-0.1, -0.05) is 6.92 Å². The maximum Gasteiger partial charge on any atom is 0.338 e. The lowest BCUT2D eigenvalue weighted by atomic mass is 10.1. The molecule has 0 bridgehead atoms. The van der Waals surface area contributed by atoms with Crippen molar-refractivity contribution in [3.8, 4) is 0 Å². The molecule has 1 amide bonds. The van der Waals surface area contributed by atoms with Crippen LogP contribution in [-0.4, -0.2) is 36.1 Å². The minimum absolute atomic E-state index is 0.104. The van der Waals surface area contributed by atoms with Gasteiger partial charge < -0.3 is 14.7 Å². The fraction of sp³-hybridized carbons (Fsp3) is 0.438. The number of hydrogen-bond acceptors (Lipinski definition) is 4. The molecule has 1 aromatic rings. The van der Waals surface area contributed by atoms with Gasteiger partial charge in [0.25, 0.3) is 0 Å². The van der Waals surface area contributed by atoms with E-state index in [1.165, 1.54) is 4.90 Å². The summed E-state index contributed by atoms with van der Waals surface area (Å²) in [6.45, 7) is 4.01. The average Bonchev–Trinajstić information content (AvgIpc) is 2.48. The number of benzene rings is 1. The molecular weight excluding hydrogens is 286 g/mol. The summed E-state index contributed by atoms with van der Waals surface area (Å²) in [7, 11) is 0. The molecule has 0 aliphatic heterocycles. The summed E-state index contributed by atoms with van der Waals surface area (Å²) in [6.07, 6.45) is 0.900. The van der Waals surface area contributed by atoms with Gasteiger partial charge >= 0.3 is 11.9 Å². The van der Waals surface area contributed by atoms with Gasteiger partial charge in [-0.3, -0.25) is 9.59 Å². The molecule has 0 aromatic heterocycles. The lowest BCUT2D eigenvalue weighted by molar-refractivity contribution is -0.136. The largest absolute Gasteiger partial charge is 0.481 e. The number of aliphatic carboxylic acids is 1. The summed E-state index contributed by atoms with van der Waals surface area (Å²) in [6, 6.07) is 6.39. The van der Waals surface area contributed by atoms with Crippen molar-refractivity contribution in [1.82, 2.24) is 0 Å². The van der Waals surface area contributed by atoms with Gasteiger partial charge in [-0.2, -0.15) is 0 Å². The molecule has 1 aromatic carbocycles. The first-order chi connectivity index (χ1) is 10.5. The Morgan fingerprint density at radius 3 is 2.23 bits per heavy atom. The van der Waals surface area contributed by atoms with Crippen molar-refractivity contribution in [3.05, 3.63) is 29.8 Å². The monoisotopic (exact) mass is 307 g/mol. The number of carboxylic acid groups (broad SMARTS) is 1. The number of anilines is 1. The second-order valence-corrected chi connectivity index (χ2v) is 4.71. The van der Waals surface area contributed by atoms with Gasteiger partial charge in [-0.25, -0.2) is 4.79 Å². The van der Waals surface area contributed by atoms with Gasteiger partial charge in [0.2, 0.25) is 5.91 Å². The number of amides is 1. The lowest BCUT2D eigenvalue weighted by Gasteiger charge is -2.22. The highest BCUT2D eigenvalue weighted by molar-refractivity contribution is 5.95. The number of ether oxygens (including phenoxy) is 1. The summed E-state index contributed by atoms with van der Waals surface area (Å²) < 4.78 is 4.90. The van der Waals surface area contributed by atoms with E-state index in [2.05, 4.69) is 0 Å². The van der Waals surface area contributed by atoms with Gasteiger partial charge in [0.1, 0.15) is 0 Å². The minimum Gasteiger partial charge on any atom is -0.481 e. The Kier molecular flexibility index (Phi) is 7.08. The summed E-state index contributed by atoms with van der Waals surface area (Å²) in [5, 5.41) is 8.80. The van der Waals surface area contributed by atoms with Crippen molar-refractivity contribution >= 4 is 23.5 Å². The maximum absolute atomic E-state index is 12.1. The molecule has 0 unspecified atom stereocenters. The first-order valence-corrected chi connectivity index (χ1v) is 7.28. The van der Waals surface area contributed by atoms with Gasteiger partial charge in [0, 0.05) is 18.7 Å². The highest BCUT2D eigenvalue weighted by atomic mass is 16.5. The Labute approximate surface area is 129 Å². The predicted octanol–water partition coefficient (Wildman–Crippen LogP) is 2.47. The van der Waals surface area contributed by atoms with Crippen molar-refractivity contribution in [2.75, 3.05) is 18.1 Å². The first-order valence-electron chi connectivity index (χ1n) is 7.28. The van der Waals surface area contributed by atoms with Crippen LogP contribution >= 0.6 is 0 Å². The van der Waals surface area contributed by atoms with Crippen LogP contribution in [-0.2, 0) is 14.3 Å². The molecule has 1 N–H and O–H groups in total. The minimum atomic E-state index is -0.961. The molecule has 0 fully saturated rings. The van der Waals surface area contributed by atoms with Crippen molar-refractivity contribution in [1.29, 1.82) is 0 Å². The van der Waals surface area contributed by atoms with E-state index in [1.807, 2.05) is 6.92 Å². The third-order valence-corrected chi connectivity index (χ3v) is 3.00. The summed E-state index contributed by atoms with van der Waals surface area (Å²) >= 11 is 0. The summed E-state index contributed by atoms with van der Waals surface area (Å²) in [4.78, 5) is 35.9. The number of esters is 1. The maximum atomic E-state index is 12.1. The van der Waals surface area contributed by atoms with Gasteiger partial charge in [0.05, 0.1) is 18.6 Å². The number of carboxylic acids is 1. The summed E-state index contributed by atoms with van der Waals surface area (Å²) in [5.41, 5.74) is 0.972. The molecule has 0 saturated carbocycles. The highest BCUT2D eigenvalue weighted by Crippen LogP contribution is 2.18. The zero-order chi connectivity index (χ0) is 16.5. The molecule has 0 atom stereocenters. The second kappa shape index (κ2) is 8.81. The Hall–Kier alpha value is -2.37. The SMILES string of the molecule is CCCC(=O)N(CCC(=O)O)c1ccc(C(=O)OCC)cc1. The second-order valence-electron chi connectivity index (χ2n) is 4.71. The van der Waals surface area contributed by atoms with E-state index >= 15 is 0 Å². The highest BCUT2D eigenvalue weighted by Gasteiger charge is 2.17. The van der Waals surface area contributed by atoms with Crippen LogP contribution < -0.4 is 4.90 Å². The van der Waals surface area contributed by atoms with E-state index in [9.17, 15) is 14.4 Å². The van der Waals surface area contributed by atoms with Crippen LogP contribution in [0.4, 0.5) is 5.69 Å². The predicted molar refractivity (Wildman–Crippen MR) is 81.9 cm³/mol. The molecule has 1 rings (SSSR count). The van der Waals surface area contributed by atoms with Crippen LogP contribution in [0.2, 0.25) is 0 Å². The van der Waals surface area contributed by atoms with Gasteiger partial charge in [-0.05, 0) is 37.6 Å². The Bertz CT molecular complexity index is 524. The topological polar surface area (TPSA) is 83.9 Å². The van der Waals surface area contributed by atoms with Crippen molar-refractivity contribution < 1.29 is 24.2 Å². The number of carbonyl (C=O) groups excluding carboxylic acids is 2. The Morgan fingerprint density at radius 1 is 1.09 bits per heavy atom. The molecule has 0 aliphatic rings.